The summed E-state index contributed by atoms with van der Waals surface area (Å²) >= 11 is 0. The summed E-state index contributed by atoms with van der Waals surface area (Å²) in [6.07, 6.45) is 0.717. The summed E-state index contributed by atoms with van der Waals surface area (Å²) in [7, 11) is 1.62. The fraction of sp³-hybridized carbons (Fsp3) is 0.481. The van der Waals surface area contributed by atoms with Crippen LogP contribution in [0.3, 0.4) is 0 Å². The highest BCUT2D eigenvalue weighted by atomic mass is 16.5. The third-order valence-electron chi connectivity index (χ3n) is 5.27. The van der Waals surface area contributed by atoms with Crippen LogP contribution in [-0.2, 0) is 20.4 Å². The number of carbonyl (C=O) groups is 2. The Balaban J connectivity index is 2.09. The molecule has 0 heterocycles. The van der Waals surface area contributed by atoms with Crippen molar-refractivity contribution in [3.05, 3.63) is 59.2 Å². The topological polar surface area (TPSA) is 76.7 Å². The Bertz CT molecular complexity index is 955. The molecule has 6 heteroatoms. The summed E-state index contributed by atoms with van der Waals surface area (Å²) in [6, 6.07) is 13.1. The third-order valence-corrected chi connectivity index (χ3v) is 5.27. The van der Waals surface area contributed by atoms with Crippen molar-refractivity contribution in [3.63, 3.8) is 0 Å². The highest BCUT2D eigenvalue weighted by molar-refractivity contribution is 6.04. The molecule has 2 aromatic rings. The quantitative estimate of drug-likeness (QED) is 0.519. The number of methoxy groups -OCH3 is 1. The largest absolute Gasteiger partial charge is 0.483 e. The molecule has 180 valence electrons. The maximum Gasteiger partial charge on any atom is 0.262 e. The van der Waals surface area contributed by atoms with Crippen LogP contribution in [0, 0.1) is 0 Å². The second-order valence-electron chi connectivity index (χ2n) is 10.2. The van der Waals surface area contributed by atoms with Gasteiger partial charge in [-0.25, -0.2) is 0 Å². The summed E-state index contributed by atoms with van der Waals surface area (Å²) in [5.74, 6) is 0.125. The second-order valence-corrected chi connectivity index (χ2v) is 10.2. The van der Waals surface area contributed by atoms with Gasteiger partial charge >= 0.3 is 0 Å². The van der Waals surface area contributed by atoms with Gasteiger partial charge in [0.05, 0.1) is 11.3 Å². The van der Waals surface area contributed by atoms with E-state index >= 15 is 0 Å². The van der Waals surface area contributed by atoms with Gasteiger partial charge in [0.25, 0.3) is 11.8 Å². The van der Waals surface area contributed by atoms with Gasteiger partial charge in [-0.15, -0.1) is 0 Å². The number of nitrogens with one attached hydrogen (secondary N) is 2. The molecule has 2 rings (SSSR count). The van der Waals surface area contributed by atoms with Crippen LogP contribution in [0.25, 0.3) is 0 Å². The molecule has 2 N–H and O–H groups in total. The van der Waals surface area contributed by atoms with Gasteiger partial charge in [-0.2, -0.15) is 0 Å². The van der Waals surface area contributed by atoms with E-state index in [2.05, 4.69) is 58.2 Å². The molecule has 0 aromatic heterocycles. The highest BCUT2D eigenvalue weighted by Crippen LogP contribution is 2.35. The number of anilines is 1. The zero-order valence-electron chi connectivity index (χ0n) is 21.0. The van der Waals surface area contributed by atoms with Crippen LogP contribution in [0.1, 0.15) is 69.4 Å². The molecule has 0 radical (unpaired) electrons. The van der Waals surface area contributed by atoms with E-state index in [1.165, 1.54) is 5.56 Å². The molecule has 0 unspecified atom stereocenters. The van der Waals surface area contributed by atoms with Gasteiger partial charge in [0, 0.05) is 20.3 Å². The molecule has 2 aromatic carbocycles. The van der Waals surface area contributed by atoms with Crippen LogP contribution >= 0.6 is 0 Å². The number of ether oxygens (including phenoxy) is 2. The summed E-state index contributed by atoms with van der Waals surface area (Å²) in [5.41, 5.74) is 3.01. The lowest BCUT2D eigenvalue weighted by Gasteiger charge is -2.27. The average molecular weight is 455 g/mol. The second kappa shape index (κ2) is 11.3. The van der Waals surface area contributed by atoms with E-state index < -0.39 is 0 Å². The van der Waals surface area contributed by atoms with Crippen LogP contribution in [0.4, 0.5) is 5.69 Å². The Labute approximate surface area is 198 Å². The molecule has 0 spiro atoms. The SMILES string of the molecule is COCCCNC(=O)c1ccccc1NC(=O)COc1ccc(C(C)(C)C)cc1C(C)(C)C. The normalized spacial score (nSPS) is 11.7. The Morgan fingerprint density at radius 1 is 0.939 bits per heavy atom. The van der Waals surface area contributed by atoms with Crippen LogP contribution in [0.5, 0.6) is 5.75 Å². The fourth-order valence-electron chi connectivity index (χ4n) is 3.34. The molecule has 0 bridgehead atoms. The van der Waals surface area contributed by atoms with E-state index in [0.29, 0.717) is 36.6 Å². The molecule has 0 aliphatic carbocycles. The van der Waals surface area contributed by atoms with Crippen LogP contribution in [-0.4, -0.2) is 38.7 Å². The zero-order chi connectivity index (χ0) is 24.6. The zero-order valence-corrected chi connectivity index (χ0v) is 21.0. The van der Waals surface area contributed by atoms with Crippen molar-refractivity contribution in [3.8, 4) is 5.75 Å². The molecule has 0 saturated carbocycles. The smallest absolute Gasteiger partial charge is 0.262 e. The minimum atomic E-state index is -0.325. The average Bonchev–Trinajstić information content (AvgIpc) is 2.74. The van der Waals surface area contributed by atoms with Crippen molar-refractivity contribution < 1.29 is 19.1 Å². The molecular formula is C27H38N2O4. The summed E-state index contributed by atoms with van der Waals surface area (Å²) < 4.78 is 10.9. The van der Waals surface area contributed by atoms with Crippen molar-refractivity contribution in [2.24, 2.45) is 0 Å². The molecule has 6 nitrogen and oxygen atoms in total. The molecule has 0 fully saturated rings. The Kier molecular flexibility index (Phi) is 9.06. The van der Waals surface area contributed by atoms with E-state index in [1.54, 1.807) is 31.4 Å². The summed E-state index contributed by atoms with van der Waals surface area (Å²) in [4.78, 5) is 25.2. The van der Waals surface area contributed by atoms with Crippen molar-refractivity contribution in [1.29, 1.82) is 0 Å². The van der Waals surface area contributed by atoms with Gasteiger partial charge in [0.2, 0.25) is 0 Å². The van der Waals surface area contributed by atoms with Gasteiger partial charge in [0.15, 0.2) is 6.61 Å². The van der Waals surface area contributed by atoms with Gasteiger partial charge in [-0.3, -0.25) is 9.59 Å². The highest BCUT2D eigenvalue weighted by Gasteiger charge is 2.23. The van der Waals surface area contributed by atoms with Crippen molar-refractivity contribution in [2.45, 2.75) is 58.8 Å². The summed E-state index contributed by atoms with van der Waals surface area (Å²) in [6.45, 7) is 13.8. The lowest BCUT2D eigenvalue weighted by atomic mass is 9.80. The molecule has 0 aliphatic rings. The van der Waals surface area contributed by atoms with Crippen LogP contribution < -0.4 is 15.4 Å². The maximum absolute atomic E-state index is 12.7. The predicted octanol–water partition coefficient (Wildman–Crippen LogP) is 5.07. The number of amides is 2. The minimum absolute atomic E-state index is 0.0176. The monoisotopic (exact) mass is 454 g/mol. The van der Waals surface area contributed by atoms with Gasteiger partial charge in [0.1, 0.15) is 5.75 Å². The number of para-hydroxylation sites is 1. The molecule has 33 heavy (non-hydrogen) atoms. The van der Waals surface area contributed by atoms with Crippen molar-refractivity contribution >= 4 is 17.5 Å². The third kappa shape index (κ3) is 7.90. The number of hydrogen-bond acceptors (Lipinski definition) is 4. The lowest BCUT2D eigenvalue weighted by molar-refractivity contribution is -0.118. The van der Waals surface area contributed by atoms with Crippen LogP contribution in [0.15, 0.2) is 42.5 Å². The van der Waals surface area contributed by atoms with Crippen molar-refractivity contribution in [2.75, 3.05) is 32.2 Å². The number of hydrogen-bond donors (Lipinski definition) is 2. The van der Waals surface area contributed by atoms with Gasteiger partial charge in [-0.05, 0) is 46.6 Å². The van der Waals surface area contributed by atoms with Gasteiger partial charge in [-0.1, -0.05) is 65.8 Å². The lowest BCUT2D eigenvalue weighted by Crippen LogP contribution is -2.28. The standard InChI is InChI=1S/C27H38N2O4/c1-26(2,3)19-13-14-23(21(17-19)27(4,5)6)33-18-24(30)29-22-12-9-8-11-20(22)25(31)28-15-10-16-32-7/h8-9,11-14,17H,10,15-16,18H2,1-7H3,(H,28,31)(H,29,30). The molecule has 0 atom stereocenters. The number of carbonyl (C=O) groups excluding carboxylic acids is 2. The number of benzene rings is 2. The Morgan fingerprint density at radius 3 is 2.27 bits per heavy atom. The molecule has 2 amide bonds. The van der Waals surface area contributed by atoms with E-state index in [-0.39, 0.29) is 29.3 Å². The van der Waals surface area contributed by atoms with Crippen molar-refractivity contribution in [1.82, 2.24) is 5.32 Å². The first kappa shape index (κ1) is 26.4. The Morgan fingerprint density at radius 2 is 1.64 bits per heavy atom. The first-order valence-corrected chi connectivity index (χ1v) is 11.4. The van der Waals surface area contributed by atoms with E-state index in [1.807, 2.05) is 12.1 Å². The molecular weight excluding hydrogens is 416 g/mol. The maximum atomic E-state index is 12.7. The molecule has 0 aliphatic heterocycles. The predicted molar refractivity (Wildman–Crippen MR) is 133 cm³/mol. The van der Waals surface area contributed by atoms with E-state index in [4.69, 9.17) is 9.47 Å². The summed E-state index contributed by atoms with van der Waals surface area (Å²) in [5, 5.41) is 5.65. The first-order valence-electron chi connectivity index (χ1n) is 11.4. The fourth-order valence-corrected chi connectivity index (χ4v) is 3.34. The number of rotatable bonds is 9. The van der Waals surface area contributed by atoms with Crippen LogP contribution in [0.2, 0.25) is 0 Å². The molecule has 0 saturated heterocycles. The van der Waals surface area contributed by atoms with E-state index in [9.17, 15) is 9.59 Å². The minimum Gasteiger partial charge on any atom is -0.483 e. The van der Waals surface area contributed by atoms with Gasteiger partial charge < -0.3 is 20.1 Å². The first-order chi connectivity index (χ1) is 15.4. The van der Waals surface area contributed by atoms with E-state index in [0.717, 1.165) is 5.56 Å². The Hall–Kier alpha value is -2.86.